The third-order valence-corrected chi connectivity index (χ3v) is 6.96. The van der Waals surface area contributed by atoms with Crippen LogP contribution in [0, 0.1) is 28.6 Å². The Bertz CT molecular complexity index is 317. The first-order valence-corrected chi connectivity index (χ1v) is 7.05. The minimum Gasteiger partial charge on any atom is -0.390 e. The summed E-state index contributed by atoms with van der Waals surface area (Å²) in [7, 11) is 0. The molecule has 3 rings (SSSR count). The molecule has 0 aromatic rings. The molecule has 2 bridgehead atoms. The van der Waals surface area contributed by atoms with Crippen LogP contribution in [0.5, 0.6) is 0 Å². The lowest BCUT2D eigenvalue weighted by molar-refractivity contribution is -0.170. The fraction of sp³-hybridized carbons (Fsp3) is 1.00. The fourth-order valence-electron chi connectivity index (χ4n) is 6.05. The van der Waals surface area contributed by atoms with Crippen LogP contribution < -0.4 is 0 Å². The van der Waals surface area contributed by atoms with Crippen LogP contribution in [-0.2, 0) is 0 Å². The van der Waals surface area contributed by atoms with Gasteiger partial charge in [-0.15, -0.1) is 0 Å². The molecule has 1 N–H and O–H groups in total. The second-order valence-electron chi connectivity index (χ2n) is 7.56. The number of fused-ring (bicyclic) bond motifs is 1. The van der Waals surface area contributed by atoms with Gasteiger partial charge in [-0.25, -0.2) is 0 Å². The summed E-state index contributed by atoms with van der Waals surface area (Å²) >= 11 is 0. The van der Waals surface area contributed by atoms with Crippen LogP contribution >= 0.6 is 0 Å². The van der Waals surface area contributed by atoms with Crippen LogP contribution in [0.15, 0.2) is 0 Å². The van der Waals surface area contributed by atoms with Crippen LogP contribution in [0.4, 0.5) is 0 Å². The van der Waals surface area contributed by atoms with Gasteiger partial charge in [-0.1, -0.05) is 20.8 Å². The lowest BCUT2D eigenvalue weighted by atomic mass is 9.50. The standard InChI is InChI=1S/C15H26O/c1-10-5-8-15-12(10)9-11(13(15,2)3)6-7-14(15,4)16/h10-12,16H,5-9H2,1-4H3/t10-,11-,12+,14+,15-/m0/s1. The van der Waals surface area contributed by atoms with E-state index in [9.17, 15) is 5.11 Å². The molecule has 16 heavy (non-hydrogen) atoms. The van der Waals surface area contributed by atoms with Crippen LogP contribution in [0.25, 0.3) is 0 Å². The zero-order valence-corrected chi connectivity index (χ0v) is 11.2. The molecule has 3 aliphatic rings. The Morgan fingerprint density at radius 2 is 1.75 bits per heavy atom. The zero-order chi connectivity index (χ0) is 11.8. The van der Waals surface area contributed by atoms with Crippen molar-refractivity contribution in [1.82, 2.24) is 0 Å². The smallest absolute Gasteiger partial charge is 0.0683 e. The lowest BCUT2D eigenvalue weighted by Gasteiger charge is -2.57. The molecule has 0 aromatic carbocycles. The molecule has 3 fully saturated rings. The van der Waals surface area contributed by atoms with Crippen LogP contribution in [0.3, 0.4) is 0 Å². The van der Waals surface area contributed by atoms with Gasteiger partial charge in [0.05, 0.1) is 5.60 Å². The predicted molar refractivity (Wildman–Crippen MR) is 66.1 cm³/mol. The normalized spacial score (nSPS) is 58.7. The highest BCUT2D eigenvalue weighted by Gasteiger charge is 2.71. The van der Waals surface area contributed by atoms with Crippen molar-refractivity contribution >= 4 is 0 Å². The van der Waals surface area contributed by atoms with Gasteiger partial charge in [0.1, 0.15) is 0 Å². The molecule has 0 aliphatic heterocycles. The van der Waals surface area contributed by atoms with E-state index in [1.54, 1.807) is 0 Å². The summed E-state index contributed by atoms with van der Waals surface area (Å²) in [5.41, 5.74) is 0.158. The number of hydrogen-bond donors (Lipinski definition) is 1. The van der Waals surface area contributed by atoms with Crippen molar-refractivity contribution in [2.75, 3.05) is 0 Å². The van der Waals surface area contributed by atoms with Gasteiger partial charge in [-0.3, -0.25) is 0 Å². The van der Waals surface area contributed by atoms with Crippen molar-refractivity contribution < 1.29 is 5.11 Å². The van der Waals surface area contributed by atoms with Crippen molar-refractivity contribution in [3.8, 4) is 0 Å². The average molecular weight is 222 g/mol. The van der Waals surface area contributed by atoms with Gasteiger partial charge in [-0.2, -0.15) is 0 Å². The Hall–Kier alpha value is -0.0400. The predicted octanol–water partition coefficient (Wildman–Crippen LogP) is 3.61. The number of aliphatic hydroxyl groups is 1. The number of rotatable bonds is 0. The van der Waals surface area contributed by atoms with Crippen molar-refractivity contribution in [2.45, 2.75) is 65.4 Å². The maximum Gasteiger partial charge on any atom is 0.0683 e. The summed E-state index contributed by atoms with van der Waals surface area (Å²) in [6, 6.07) is 0. The largest absolute Gasteiger partial charge is 0.390 e. The summed E-state index contributed by atoms with van der Waals surface area (Å²) in [5, 5.41) is 11.0. The summed E-state index contributed by atoms with van der Waals surface area (Å²) in [6.45, 7) is 9.40. The van der Waals surface area contributed by atoms with Gasteiger partial charge in [0.25, 0.3) is 0 Å². The third-order valence-electron chi connectivity index (χ3n) is 6.96. The monoisotopic (exact) mass is 222 g/mol. The summed E-state index contributed by atoms with van der Waals surface area (Å²) < 4.78 is 0. The van der Waals surface area contributed by atoms with E-state index in [0.29, 0.717) is 5.41 Å². The van der Waals surface area contributed by atoms with Gasteiger partial charge in [0.2, 0.25) is 0 Å². The van der Waals surface area contributed by atoms with Gasteiger partial charge < -0.3 is 5.11 Å². The van der Waals surface area contributed by atoms with E-state index in [4.69, 9.17) is 0 Å². The van der Waals surface area contributed by atoms with Crippen LogP contribution in [0.1, 0.15) is 59.8 Å². The van der Waals surface area contributed by atoms with Gasteiger partial charge in [-0.05, 0) is 62.2 Å². The van der Waals surface area contributed by atoms with Gasteiger partial charge in [0, 0.05) is 5.41 Å². The maximum absolute atomic E-state index is 11.0. The van der Waals surface area contributed by atoms with Crippen molar-refractivity contribution in [2.24, 2.45) is 28.6 Å². The summed E-state index contributed by atoms with van der Waals surface area (Å²) in [5.74, 6) is 2.47. The number of hydrogen-bond acceptors (Lipinski definition) is 1. The van der Waals surface area contributed by atoms with E-state index in [1.807, 2.05) is 0 Å². The molecule has 5 atom stereocenters. The minimum atomic E-state index is -0.418. The zero-order valence-electron chi connectivity index (χ0n) is 11.2. The molecule has 0 heterocycles. The highest BCUT2D eigenvalue weighted by Crippen LogP contribution is 2.75. The molecule has 0 saturated heterocycles. The van der Waals surface area contributed by atoms with Crippen LogP contribution in [-0.4, -0.2) is 10.7 Å². The molecule has 0 unspecified atom stereocenters. The van der Waals surface area contributed by atoms with Crippen molar-refractivity contribution in [3.05, 3.63) is 0 Å². The Morgan fingerprint density at radius 1 is 1.06 bits per heavy atom. The Kier molecular flexibility index (Phi) is 1.98. The molecule has 1 heteroatoms. The Labute approximate surface area is 99.6 Å². The highest BCUT2D eigenvalue weighted by atomic mass is 16.3. The molecule has 3 aliphatic carbocycles. The fourth-order valence-corrected chi connectivity index (χ4v) is 6.05. The summed E-state index contributed by atoms with van der Waals surface area (Å²) in [4.78, 5) is 0. The van der Waals surface area contributed by atoms with E-state index in [-0.39, 0.29) is 5.41 Å². The topological polar surface area (TPSA) is 20.2 Å². The van der Waals surface area contributed by atoms with E-state index < -0.39 is 5.60 Å². The van der Waals surface area contributed by atoms with E-state index in [1.165, 1.54) is 25.7 Å². The molecule has 0 radical (unpaired) electrons. The lowest BCUT2D eigenvalue weighted by Crippen LogP contribution is -2.57. The van der Waals surface area contributed by atoms with Crippen molar-refractivity contribution in [1.29, 1.82) is 0 Å². The molecule has 92 valence electrons. The SMILES string of the molecule is C[C@H]1CC[C@@]23[C@@H]1C[C@H](CC[C@@]2(C)O)C3(C)C. The second-order valence-corrected chi connectivity index (χ2v) is 7.56. The maximum atomic E-state index is 11.0. The molecule has 1 nitrogen and oxygen atoms in total. The first-order chi connectivity index (χ1) is 7.33. The minimum absolute atomic E-state index is 0.225. The average Bonchev–Trinajstić information content (AvgIpc) is 2.56. The molecule has 1 spiro atoms. The first-order valence-electron chi connectivity index (χ1n) is 7.05. The van der Waals surface area contributed by atoms with E-state index in [2.05, 4.69) is 27.7 Å². The molecular weight excluding hydrogens is 196 g/mol. The molecule has 0 amide bonds. The molecule has 0 aromatic heterocycles. The van der Waals surface area contributed by atoms with E-state index in [0.717, 1.165) is 24.2 Å². The van der Waals surface area contributed by atoms with Gasteiger partial charge >= 0.3 is 0 Å². The molecule has 3 saturated carbocycles. The highest BCUT2D eigenvalue weighted by molar-refractivity contribution is 5.20. The van der Waals surface area contributed by atoms with Gasteiger partial charge in [0.15, 0.2) is 0 Å². The first kappa shape index (κ1) is 11.1. The van der Waals surface area contributed by atoms with Crippen molar-refractivity contribution in [3.63, 3.8) is 0 Å². The third kappa shape index (κ3) is 0.939. The quantitative estimate of drug-likeness (QED) is 0.664. The Morgan fingerprint density at radius 3 is 2.44 bits per heavy atom. The molecular formula is C15H26O. The van der Waals surface area contributed by atoms with Crippen LogP contribution in [0.2, 0.25) is 0 Å². The summed E-state index contributed by atoms with van der Waals surface area (Å²) in [6.07, 6.45) is 6.24. The Balaban J connectivity index is 2.16. The second kappa shape index (κ2) is 2.85. The van der Waals surface area contributed by atoms with E-state index >= 15 is 0 Å².